The van der Waals surface area contributed by atoms with Crippen molar-refractivity contribution < 1.29 is 9.21 Å². The largest absolute Gasteiger partial charge is 0.431 e. The van der Waals surface area contributed by atoms with E-state index in [9.17, 15) is 4.79 Å². The average Bonchev–Trinajstić information content (AvgIpc) is 3.31. The molecule has 5 nitrogen and oxygen atoms in total. The second kappa shape index (κ2) is 8.57. The predicted octanol–water partition coefficient (Wildman–Crippen LogP) is 7.04. The van der Waals surface area contributed by atoms with Gasteiger partial charge in [0.15, 0.2) is 5.58 Å². The molecule has 0 saturated heterocycles. The van der Waals surface area contributed by atoms with E-state index in [1.807, 2.05) is 91.0 Å². The summed E-state index contributed by atoms with van der Waals surface area (Å²) in [4.78, 5) is 27.2. The number of thioether (sulfide) groups is 1. The number of rotatable bonds is 4. The number of aromatic nitrogens is 3. The molecule has 34 heavy (non-hydrogen) atoms. The number of benzene rings is 4. The van der Waals surface area contributed by atoms with Crippen LogP contribution in [-0.2, 0) is 0 Å². The van der Waals surface area contributed by atoms with E-state index >= 15 is 0 Å². The highest BCUT2D eigenvalue weighted by molar-refractivity contribution is 8.14. The summed E-state index contributed by atoms with van der Waals surface area (Å²) in [7, 11) is 0. The van der Waals surface area contributed by atoms with Crippen LogP contribution in [0.25, 0.3) is 44.6 Å². The van der Waals surface area contributed by atoms with Gasteiger partial charge in [-0.05, 0) is 30.3 Å². The van der Waals surface area contributed by atoms with Crippen LogP contribution in [0.2, 0.25) is 0 Å². The van der Waals surface area contributed by atoms with E-state index in [2.05, 4.69) is 4.98 Å². The quantitative estimate of drug-likeness (QED) is 0.263. The zero-order valence-corrected chi connectivity index (χ0v) is 18.7. The lowest BCUT2D eigenvalue weighted by Crippen LogP contribution is -1.98. The van der Waals surface area contributed by atoms with E-state index in [1.165, 1.54) is 0 Å². The molecule has 0 atom stereocenters. The van der Waals surface area contributed by atoms with Crippen LogP contribution in [0.3, 0.4) is 0 Å². The fourth-order valence-corrected chi connectivity index (χ4v) is 4.49. The van der Waals surface area contributed by atoms with Gasteiger partial charge in [0, 0.05) is 28.5 Å². The number of fused-ring (bicyclic) bond motifs is 2. The summed E-state index contributed by atoms with van der Waals surface area (Å²) >= 11 is 0.967. The Morgan fingerprint density at radius 1 is 0.618 bits per heavy atom. The molecule has 0 aliphatic rings. The molecule has 0 bridgehead atoms. The Hall–Kier alpha value is -4.29. The van der Waals surface area contributed by atoms with Crippen LogP contribution in [-0.4, -0.2) is 20.1 Å². The first-order valence-electron chi connectivity index (χ1n) is 10.7. The van der Waals surface area contributed by atoms with Crippen molar-refractivity contribution >= 4 is 39.0 Å². The van der Waals surface area contributed by atoms with E-state index in [-0.39, 0.29) is 5.12 Å². The number of oxazole rings is 1. The Labute approximate surface area is 199 Å². The van der Waals surface area contributed by atoms with Gasteiger partial charge in [-0.2, -0.15) is 0 Å². The highest BCUT2D eigenvalue weighted by Crippen LogP contribution is 2.32. The van der Waals surface area contributed by atoms with Crippen LogP contribution in [0.4, 0.5) is 0 Å². The topological polar surface area (TPSA) is 68.9 Å². The molecule has 0 amide bonds. The van der Waals surface area contributed by atoms with E-state index in [1.54, 1.807) is 12.1 Å². The van der Waals surface area contributed by atoms with Crippen LogP contribution in [0.1, 0.15) is 10.4 Å². The van der Waals surface area contributed by atoms with Crippen molar-refractivity contribution in [2.45, 2.75) is 5.22 Å². The average molecular weight is 460 g/mol. The first kappa shape index (κ1) is 20.3. The lowest BCUT2D eigenvalue weighted by molar-refractivity contribution is 0.108. The molecule has 2 heterocycles. The molecule has 2 aromatic heterocycles. The summed E-state index contributed by atoms with van der Waals surface area (Å²) < 4.78 is 5.69. The molecular formula is C28H17N3O2S. The van der Waals surface area contributed by atoms with Gasteiger partial charge in [0.2, 0.25) is 5.12 Å². The number of carbonyl (C=O) groups excluding carboxylic acids is 1. The predicted molar refractivity (Wildman–Crippen MR) is 135 cm³/mol. The Kier molecular flexibility index (Phi) is 5.13. The van der Waals surface area contributed by atoms with E-state index < -0.39 is 0 Å². The number of nitrogens with zero attached hydrogens (tertiary/aromatic N) is 3. The standard InChI is InChI=1S/C28H17N3O2S/c32-27(34-28-31-22-13-7-8-14-24(22)33-28)20-15-16-21-23(17-20)30-26(19-11-5-2-6-12-19)25(29-21)18-9-3-1-4-10-18/h1-17H. The lowest BCUT2D eigenvalue weighted by Gasteiger charge is -2.11. The minimum absolute atomic E-state index is 0.163. The van der Waals surface area contributed by atoms with Crippen molar-refractivity contribution in [1.29, 1.82) is 0 Å². The Morgan fingerprint density at radius 3 is 1.91 bits per heavy atom. The van der Waals surface area contributed by atoms with Crippen LogP contribution in [0.15, 0.2) is 113 Å². The van der Waals surface area contributed by atoms with Crippen LogP contribution in [0, 0.1) is 0 Å². The Morgan fingerprint density at radius 2 is 1.24 bits per heavy atom. The third-order valence-electron chi connectivity index (χ3n) is 5.45. The van der Waals surface area contributed by atoms with Crippen molar-refractivity contribution in [3.05, 3.63) is 109 Å². The minimum Gasteiger partial charge on any atom is -0.431 e. The van der Waals surface area contributed by atoms with Gasteiger partial charge in [0.1, 0.15) is 5.52 Å². The SMILES string of the molecule is O=C(Sc1nc2ccccc2o1)c1ccc2nc(-c3ccccc3)c(-c3ccccc3)nc2c1. The zero-order chi connectivity index (χ0) is 22.9. The zero-order valence-electron chi connectivity index (χ0n) is 17.9. The molecular weight excluding hydrogens is 442 g/mol. The molecule has 4 aromatic carbocycles. The molecule has 6 heteroatoms. The van der Waals surface area contributed by atoms with Gasteiger partial charge in [-0.25, -0.2) is 15.0 Å². The van der Waals surface area contributed by atoms with Crippen LogP contribution in [0.5, 0.6) is 0 Å². The molecule has 0 spiro atoms. The fraction of sp³-hybridized carbons (Fsp3) is 0. The van der Waals surface area contributed by atoms with Gasteiger partial charge in [-0.3, -0.25) is 4.79 Å². The molecule has 162 valence electrons. The Balaban J connectivity index is 1.41. The summed E-state index contributed by atoms with van der Waals surface area (Å²) in [5, 5.41) is 0.158. The summed E-state index contributed by atoms with van der Waals surface area (Å²) in [5.74, 6) is 0. The van der Waals surface area contributed by atoms with Crippen molar-refractivity contribution in [2.75, 3.05) is 0 Å². The van der Waals surface area contributed by atoms with E-state index in [0.29, 0.717) is 21.9 Å². The molecule has 0 aliphatic heterocycles. The maximum absolute atomic E-state index is 13.0. The second-order valence-corrected chi connectivity index (χ2v) is 8.62. The number of para-hydroxylation sites is 2. The Bertz CT molecular complexity index is 1610. The van der Waals surface area contributed by atoms with Gasteiger partial charge in [0.05, 0.1) is 22.4 Å². The number of hydrogen-bond acceptors (Lipinski definition) is 6. The molecule has 6 aromatic rings. The number of hydrogen-bond donors (Lipinski definition) is 0. The van der Waals surface area contributed by atoms with Gasteiger partial charge in [-0.1, -0.05) is 72.8 Å². The van der Waals surface area contributed by atoms with Gasteiger partial charge >= 0.3 is 0 Å². The first-order chi connectivity index (χ1) is 16.7. The highest BCUT2D eigenvalue weighted by Gasteiger charge is 2.17. The van der Waals surface area contributed by atoms with Crippen LogP contribution >= 0.6 is 11.8 Å². The van der Waals surface area contributed by atoms with E-state index in [4.69, 9.17) is 14.4 Å². The van der Waals surface area contributed by atoms with Gasteiger partial charge in [0.25, 0.3) is 5.22 Å². The van der Waals surface area contributed by atoms with Crippen molar-refractivity contribution in [3.63, 3.8) is 0 Å². The maximum Gasteiger partial charge on any atom is 0.264 e. The molecule has 6 rings (SSSR count). The van der Waals surface area contributed by atoms with Gasteiger partial charge < -0.3 is 4.42 Å². The third-order valence-corrected chi connectivity index (χ3v) is 6.22. The van der Waals surface area contributed by atoms with E-state index in [0.717, 1.165) is 45.3 Å². The summed E-state index contributed by atoms with van der Waals surface area (Å²) in [6.07, 6.45) is 0. The summed E-state index contributed by atoms with van der Waals surface area (Å²) in [6.45, 7) is 0. The summed E-state index contributed by atoms with van der Waals surface area (Å²) in [5.41, 5.74) is 6.81. The molecule has 0 radical (unpaired) electrons. The molecule has 0 aliphatic carbocycles. The maximum atomic E-state index is 13.0. The van der Waals surface area contributed by atoms with Gasteiger partial charge in [-0.15, -0.1) is 0 Å². The molecule has 0 saturated carbocycles. The van der Waals surface area contributed by atoms with Crippen molar-refractivity contribution in [2.24, 2.45) is 0 Å². The monoisotopic (exact) mass is 459 g/mol. The highest BCUT2D eigenvalue weighted by atomic mass is 32.2. The second-order valence-electron chi connectivity index (χ2n) is 7.69. The number of carbonyl (C=O) groups is 1. The molecule has 0 unspecified atom stereocenters. The third kappa shape index (κ3) is 3.84. The first-order valence-corrected chi connectivity index (χ1v) is 11.6. The molecule has 0 fully saturated rings. The lowest BCUT2D eigenvalue weighted by atomic mass is 10.0. The fourth-order valence-electron chi connectivity index (χ4n) is 3.81. The summed E-state index contributed by atoms with van der Waals surface area (Å²) in [6, 6.07) is 32.8. The normalized spacial score (nSPS) is 11.2. The van der Waals surface area contributed by atoms with Crippen LogP contribution < -0.4 is 0 Å². The van der Waals surface area contributed by atoms with Crippen molar-refractivity contribution in [3.8, 4) is 22.5 Å². The molecule has 0 N–H and O–H groups in total. The minimum atomic E-state index is -0.163. The smallest absolute Gasteiger partial charge is 0.264 e. The van der Waals surface area contributed by atoms with Crippen molar-refractivity contribution in [1.82, 2.24) is 15.0 Å².